The van der Waals surface area contributed by atoms with Gasteiger partial charge < -0.3 is 9.84 Å². The molecule has 0 radical (unpaired) electrons. The van der Waals surface area contributed by atoms with Crippen LogP contribution in [0.25, 0.3) is 0 Å². The predicted molar refractivity (Wildman–Crippen MR) is 70.1 cm³/mol. The van der Waals surface area contributed by atoms with E-state index in [0.29, 0.717) is 0 Å². The van der Waals surface area contributed by atoms with Crippen LogP contribution in [0.2, 0.25) is 0 Å². The first-order valence-corrected chi connectivity index (χ1v) is 6.28. The average molecular weight is 263 g/mol. The van der Waals surface area contributed by atoms with Crippen molar-refractivity contribution in [2.45, 2.75) is 39.8 Å². The molecule has 5 heteroatoms. The van der Waals surface area contributed by atoms with Gasteiger partial charge in [0, 0.05) is 23.8 Å². The zero-order valence-corrected chi connectivity index (χ0v) is 11.6. The highest BCUT2D eigenvalue weighted by Crippen LogP contribution is 2.24. The van der Waals surface area contributed by atoms with Crippen molar-refractivity contribution in [3.8, 4) is 0 Å². The second-order valence-electron chi connectivity index (χ2n) is 4.78. The Hall–Kier alpha value is -1.75. The van der Waals surface area contributed by atoms with Crippen LogP contribution in [0.3, 0.4) is 0 Å². The number of hydrogen-bond acceptors (Lipinski definition) is 4. The smallest absolute Gasteiger partial charge is 0.141 e. The van der Waals surface area contributed by atoms with E-state index in [1.807, 2.05) is 27.7 Å². The van der Waals surface area contributed by atoms with Gasteiger partial charge in [0.2, 0.25) is 0 Å². The van der Waals surface area contributed by atoms with Crippen LogP contribution in [0.15, 0.2) is 23.0 Å². The molecule has 0 saturated heterocycles. The van der Waals surface area contributed by atoms with Gasteiger partial charge in [0.15, 0.2) is 0 Å². The fourth-order valence-corrected chi connectivity index (χ4v) is 2.33. The quantitative estimate of drug-likeness (QED) is 0.920. The zero-order valence-electron chi connectivity index (χ0n) is 11.6. The van der Waals surface area contributed by atoms with Crippen LogP contribution < -0.4 is 5.32 Å². The van der Waals surface area contributed by atoms with E-state index in [1.54, 1.807) is 6.20 Å². The summed E-state index contributed by atoms with van der Waals surface area (Å²) in [6.45, 7) is 7.82. The highest BCUT2D eigenvalue weighted by Gasteiger charge is 2.18. The van der Waals surface area contributed by atoms with Crippen molar-refractivity contribution < 1.29 is 8.91 Å². The molecule has 102 valence electrons. The number of aromatic nitrogens is 2. The van der Waals surface area contributed by atoms with E-state index >= 15 is 0 Å². The van der Waals surface area contributed by atoms with Crippen LogP contribution in [0.1, 0.15) is 48.5 Å². The summed E-state index contributed by atoms with van der Waals surface area (Å²) in [7, 11) is 0. The third kappa shape index (κ3) is 2.98. The molecule has 2 aromatic rings. The van der Waals surface area contributed by atoms with Gasteiger partial charge in [-0.05, 0) is 39.3 Å². The topological polar surface area (TPSA) is 51.0 Å². The molecule has 2 aromatic heterocycles. The second kappa shape index (κ2) is 5.48. The van der Waals surface area contributed by atoms with E-state index in [1.165, 1.54) is 12.3 Å². The van der Waals surface area contributed by atoms with E-state index in [2.05, 4.69) is 15.5 Å². The number of halogens is 1. The van der Waals surface area contributed by atoms with Gasteiger partial charge in [-0.1, -0.05) is 5.16 Å². The van der Waals surface area contributed by atoms with Crippen LogP contribution in [-0.2, 0) is 0 Å². The lowest BCUT2D eigenvalue weighted by atomic mass is 10.0. The molecule has 2 atom stereocenters. The first-order valence-electron chi connectivity index (χ1n) is 6.28. The van der Waals surface area contributed by atoms with Crippen molar-refractivity contribution in [2.75, 3.05) is 0 Å². The molecule has 1 N–H and O–H groups in total. The van der Waals surface area contributed by atoms with Gasteiger partial charge in [-0.3, -0.25) is 4.98 Å². The molecule has 2 unspecified atom stereocenters. The standard InChI is InChI=1S/C14H18FN3O/c1-8(12-5-13(15)7-16-6-12)17-9(2)14-10(3)18-19-11(14)4/h5-9,17H,1-4H3. The molecule has 0 aromatic carbocycles. The molecule has 0 fully saturated rings. The SMILES string of the molecule is Cc1noc(C)c1C(C)NC(C)c1cncc(F)c1. The van der Waals surface area contributed by atoms with Crippen LogP contribution in [0.5, 0.6) is 0 Å². The van der Waals surface area contributed by atoms with Crippen molar-refractivity contribution in [3.05, 3.63) is 46.9 Å². The summed E-state index contributed by atoms with van der Waals surface area (Å²) < 4.78 is 18.3. The Kier molecular flexibility index (Phi) is 3.95. The van der Waals surface area contributed by atoms with Gasteiger partial charge in [-0.2, -0.15) is 0 Å². The molecule has 2 rings (SSSR count). The van der Waals surface area contributed by atoms with E-state index in [0.717, 1.165) is 22.6 Å². The monoisotopic (exact) mass is 263 g/mol. The highest BCUT2D eigenvalue weighted by molar-refractivity contribution is 5.25. The Bertz CT molecular complexity index is 548. The first-order chi connectivity index (χ1) is 8.99. The minimum absolute atomic E-state index is 0.00750. The molecule has 2 heterocycles. The zero-order chi connectivity index (χ0) is 14.0. The van der Waals surface area contributed by atoms with E-state index in [9.17, 15) is 4.39 Å². The third-order valence-electron chi connectivity index (χ3n) is 3.25. The fourth-order valence-electron chi connectivity index (χ4n) is 2.33. The number of nitrogens with zero attached hydrogens (tertiary/aromatic N) is 2. The summed E-state index contributed by atoms with van der Waals surface area (Å²) in [4.78, 5) is 3.86. The van der Waals surface area contributed by atoms with Crippen molar-refractivity contribution in [1.82, 2.24) is 15.5 Å². The van der Waals surface area contributed by atoms with E-state index < -0.39 is 0 Å². The average Bonchev–Trinajstić information content (AvgIpc) is 2.69. The second-order valence-corrected chi connectivity index (χ2v) is 4.78. The van der Waals surface area contributed by atoms with Crippen molar-refractivity contribution in [1.29, 1.82) is 0 Å². The normalized spacial score (nSPS) is 14.4. The molecule has 0 bridgehead atoms. The Morgan fingerprint density at radius 2 is 1.95 bits per heavy atom. The van der Waals surface area contributed by atoms with Crippen LogP contribution >= 0.6 is 0 Å². The molecule has 0 aliphatic carbocycles. The Balaban J connectivity index is 2.13. The molecule has 0 aliphatic rings. The summed E-state index contributed by atoms with van der Waals surface area (Å²) in [5, 5.41) is 7.34. The van der Waals surface area contributed by atoms with Crippen molar-refractivity contribution in [2.24, 2.45) is 0 Å². The molecule has 0 amide bonds. The number of aryl methyl sites for hydroxylation is 2. The highest BCUT2D eigenvalue weighted by atomic mass is 19.1. The number of rotatable bonds is 4. The number of nitrogens with one attached hydrogen (secondary N) is 1. The van der Waals surface area contributed by atoms with Gasteiger partial charge in [0.05, 0.1) is 11.9 Å². The molecular formula is C14H18FN3O. The Labute approximate surface area is 112 Å². The van der Waals surface area contributed by atoms with Gasteiger partial charge in [0.25, 0.3) is 0 Å². The third-order valence-corrected chi connectivity index (χ3v) is 3.25. The summed E-state index contributed by atoms with van der Waals surface area (Å²) in [5.74, 6) is 0.484. The predicted octanol–water partition coefficient (Wildman–Crippen LogP) is 3.24. The minimum atomic E-state index is -0.323. The minimum Gasteiger partial charge on any atom is -0.361 e. The largest absolute Gasteiger partial charge is 0.361 e. The molecule has 4 nitrogen and oxygen atoms in total. The van der Waals surface area contributed by atoms with Crippen molar-refractivity contribution in [3.63, 3.8) is 0 Å². The maximum absolute atomic E-state index is 13.2. The number of hydrogen-bond donors (Lipinski definition) is 1. The Morgan fingerprint density at radius 1 is 1.21 bits per heavy atom. The molecule has 0 spiro atoms. The molecule has 0 aliphatic heterocycles. The maximum atomic E-state index is 13.2. The molecule has 0 saturated carbocycles. The van der Waals surface area contributed by atoms with E-state index in [4.69, 9.17) is 4.52 Å². The maximum Gasteiger partial charge on any atom is 0.141 e. The molecular weight excluding hydrogens is 245 g/mol. The van der Waals surface area contributed by atoms with Gasteiger partial charge in [-0.15, -0.1) is 0 Å². The lowest BCUT2D eigenvalue weighted by Gasteiger charge is -2.20. The Morgan fingerprint density at radius 3 is 2.53 bits per heavy atom. The summed E-state index contributed by atoms with van der Waals surface area (Å²) >= 11 is 0. The van der Waals surface area contributed by atoms with Gasteiger partial charge in [-0.25, -0.2) is 4.39 Å². The number of pyridine rings is 1. The van der Waals surface area contributed by atoms with Crippen LogP contribution in [0.4, 0.5) is 4.39 Å². The summed E-state index contributed by atoms with van der Waals surface area (Å²) in [5.41, 5.74) is 2.75. The summed E-state index contributed by atoms with van der Waals surface area (Å²) in [6, 6.07) is 1.56. The van der Waals surface area contributed by atoms with Crippen molar-refractivity contribution >= 4 is 0 Å². The van der Waals surface area contributed by atoms with Crippen LogP contribution in [0, 0.1) is 19.7 Å². The lowest BCUT2D eigenvalue weighted by Crippen LogP contribution is -2.23. The van der Waals surface area contributed by atoms with Gasteiger partial charge in [0.1, 0.15) is 11.6 Å². The summed E-state index contributed by atoms with van der Waals surface area (Å²) in [6.07, 6.45) is 2.87. The lowest BCUT2D eigenvalue weighted by molar-refractivity contribution is 0.389. The first kappa shape index (κ1) is 13.7. The van der Waals surface area contributed by atoms with Crippen LogP contribution in [-0.4, -0.2) is 10.1 Å². The van der Waals surface area contributed by atoms with E-state index in [-0.39, 0.29) is 17.9 Å². The molecule has 19 heavy (non-hydrogen) atoms. The van der Waals surface area contributed by atoms with Gasteiger partial charge >= 0.3 is 0 Å². The fraction of sp³-hybridized carbons (Fsp3) is 0.429.